The summed E-state index contributed by atoms with van der Waals surface area (Å²) < 4.78 is 2.00. The van der Waals surface area contributed by atoms with E-state index in [-0.39, 0.29) is 5.91 Å². The molecule has 1 fully saturated rings. The molecule has 0 bridgehead atoms. The predicted octanol–water partition coefficient (Wildman–Crippen LogP) is 4.15. The van der Waals surface area contributed by atoms with E-state index in [1.807, 2.05) is 39.9 Å². The van der Waals surface area contributed by atoms with Crippen LogP contribution in [0.15, 0.2) is 48.5 Å². The maximum atomic E-state index is 13.5. The molecule has 0 N–H and O–H groups in total. The lowest BCUT2D eigenvalue weighted by molar-refractivity contribution is 0.0739. The Morgan fingerprint density at radius 3 is 2.42 bits per heavy atom. The number of nitrogens with zero attached hydrogens (tertiary/aromatic N) is 5. The molecule has 3 heterocycles. The van der Waals surface area contributed by atoms with Crippen LogP contribution in [0.5, 0.6) is 0 Å². The highest BCUT2D eigenvalue weighted by Crippen LogP contribution is 2.27. The Hall–Kier alpha value is -2.86. The van der Waals surface area contributed by atoms with Crippen LogP contribution in [0.1, 0.15) is 41.0 Å². The number of pyridine rings is 1. The molecule has 1 aliphatic carbocycles. The first-order chi connectivity index (χ1) is 15.2. The average molecular weight is 436 g/mol. The summed E-state index contributed by atoms with van der Waals surface area (Å²) >= 11 is 6.04. The number of piperazine rings is 1. The Morgan fingerprint density at radius 2 is 1.65 bits per heavy atom. The van der Waals surface area contributed by atoms with Crippen LogP contribution in [-0.4, -0.2) is 51.8 Å². The maximum Gasteiger partial charge on any atom is 0.274 e. The fourth-order valence-electron chi connectivity index (χ4n) is 4.59. The fraction of sp³-hybridized carbons (Fsp3) is 0.375. The molecule has 6 nitrogen and oxygen atoms in total. The molecule has 0 unspecified atom stereocenters. The highest BCUT2D eigenvalue weighted by Gasteiger charge is 2.30. The number of amides is 1. The van der Waals surface area contributed by atoms with Gasteiger partial charge in [0.25, 0.3) is 5.91 Å². The van der Waals surface area contributed by atoms with Gasteiger partial charge in [0.1, 0.15) is 11.0 Å². The number of fused-ring (bicyclic) bond motifs is 1. The number of carbonyl (C=O) groups is 1. The van der Waals surface area contributed by atoms with Crippen LogP contribution < -0.4 is 4.90 Å². The van der Waals surface area contributed by atoms with Crippen LogP contribution in [0.4, 0.5) is 5.82 Å². The van der Waals surface area contributed by atoms with Crippen molar-refractivity contribution in [1.29, 1.82) is 0 Å². The zero-order valence-electron chi connectivity index (χ0n) is 17.5. The van der Waals surface area contributed by atoms with E-state index in [0.29, 0.717) is 23.9 Å². The van der Waals surface area contributed by atoms with Gasteiger partial charge in [0.05, 0.1) is 5.69 Å². The molecule has 1 aromatic carbocycles. The maximum absolute atomic E-state index is 13.5. The number of benzene rings is 1. The van der Waals surface area contributed by atoms with Crippen molar-refractivity contribution in [1.82, 2.24) is 19.7 Å². The Bertz CT molecular complexity index is 1070. The van der Waals surface area contributed by atoms with Gasteiger partial charge in [0, 0.05) is 37.4 Å². The second kappa shape index (κ2) is 8.71. The Balaban J connectivity index is 1.39. The topological polar surface area (TPSA) is 54.3 Å². The Kier molecular flexibility index (Phi) is 5.64. The van der Waals surface area contributed by atoms with Gasteiger partial charge in [-0.05, 0) is 49.9 Å². The van der Waals surface area contributed by atoms with Crippen molar-refractivity contribution in [3.8, 4) is 5.69 Å². The summed E-state index contributed by atoms with van der Waals surface area (Å²) in [7, 11) is 0. The molecule has 0 saturated carbocycles. The molecule has 3 aromatic rings. The van der Waals surface area contributed by atoms with E-state index < -0.39 is 0 Å². The molecule has 1 amide bonds. The summed E-state index contributed by atoms with van der Waals surface area (Å²) in [5.74, 6) is 0.911. The van der Waals surface area contributed by atoms with Crippen LogP contribution >= 0.6 is 11.6 Å². The number of hydrogen-bond acceptors (Lipinski definition) is 4. The molecule has 2 aromatic heterocycles. The molecule has 0 atom stereocenters. The van der Waals surface area contributed by atoms with Crippen molar-refractivity contribution >= 4 is 23.3 Å². The quantitative estimate of drug-likeness (QED) is 0.458. The molecule has 5 rings (SSSR count). The van der Waals surface area contributed by atoms with E-state index >= 15 is 0 Å². The van der Waals surface area contributed by atoms with E-state index in [1.165, 1.54) is 12.1 Å². The minimum absolute atomic E-state index is 0.0477. The number of halogens is 1. The number of hydrogen-bond donors (Lipinski definition) is 0. The molecular formula is C24H26ClN5O. The molecule has 1 aliphatic heterocycles. The number of carbonyl (C=O) groups excluding carboxylic acids is 1. The van der Waals surface area contributed by atoms with Crippen LogP contribution in [0, 0.1) is 0 Å². The summed E-state index contributed by atoms with van der Waals surface area (Å²) in [4.78, 5) is 22.0. The highest BCUT2D eigenvalue weighted by atomic mass is 35.5. The summed E-state index contributed by atoms with van der Waals surface area (Å²) in [6.07, 6.45) is 5.35. The third-order valence-electron chi connectivity index (χ3n) is 6.22. The number of aromatic nitrogens is 3. The van der Waals surface area contributed by atoms with E-state index in [9.17, 15) is 4.79 Å². The Morgan fingerprint density at radius 1 is 0.871 bits per heavy atom. The number of rotatable bonds is 3. The summed E-state index contributed by atoms with van der Waals surface area (Å²) in [6.45, 7) is 2.78. The molecule has 2 aliphatic rings. The van der Waals surface area contributed by atoms with Gasteiger partial charge < -0.3 is 9.80 Å². The van der Waals surface area contributed by atoms with Crippen molar-refractivity contribution < 1.29 is 4.79 Å². The minimum Gasteiger partial charge on any atom is -0.353 e. The van der Waals surface area contributed by atoms with Crippen LogP contribution in [-0.2, 0) is 12.8 Å². The van der Waals surface area contributed by atoms with Crippen LogP contribution in [0.25, 0.3) is 5.69 Å². The monoisotopic (exact) mass is 435 g/mol. The number of anilines is 1. The Labute approximate surface area is 187 Å². The first-order valence-electron chi connectivity index (χ1n) is 11.0. The summed E-state index contributed by atoms with van der Waals surface area (Å²) in [5.41, 5.74) is 4.01. The molecule has 7 heteroatoms. The van der Waals surface area contributed by atoms with E-state index in [2.05, 4.69) is 22.0 Å². The first kappa shape index (κ1) is 20.1. The lowest BCUT2D eigenvalue weighted by Gasteiger charge is -2.35. The van der Waals surface area contributed by atoms with E-state index in [4.69, 9.17) is 16.7 Å². The van der Waals surface area contributed by atoms with Crippen LogP contribution in [0.2, 0.25) is 5.15 Å². The highest BCUT2D eigenvalue weighted by molar-refractivity contribution is 6.29. The van der Waals surface area contributed by atoms with Crippen molar-refractivity contribution in [2.75, 3.05) is 31.1 Å². The normalized spacial score (nSPS) is 16.7. The van der Waals surface area contributed by atoms with Gasteiger partial charge >= 0.3 is 0 Å². The summed E-state index contributed by atoms with van der Waals surface area (Å²) in [5, 5.41) is 5.34. The average Bonchev–Trinajstić information content (AvgIpc) is 3.00. The largest absolute Gasteiger partial charge is 0.353 e. The van der Waals surface area contributed by atoms with Gasteiger partial charge in [-0.1, -0.05) is 42.3 Å². The van der Waals surface area contributed by atoms with Gasteiger partial charge in [0.15, 0.2) is 5.69 Å². The zero-order valence-corrected chi connectivity index (χ0v) is 18.3. The fourth-order valence-corrected chi connectivity index (χ4v) is 4.75. The molecular weight excluding hydrogens is 410 g/mol. The van der Waals surface area contributed by atoms with Crippen molar-refractivity contribution in [3.63, 3.8) is 0 Å². The molecule has 160 valence electrons. The molecule has 1 saturated heterocycles. The first-order valence-corrected chi connectivity index (χ1v) is 11.4. The third kappa shape index (κ3) is 4.04. The van der Waals surface area contributed by atoms with Gasteiger partial charge in [-0.3, -0.25) is 4.79 Å². The lowest BCUT2D eigenvalue weighted by atomic mass is 10.1. The summed E-state index contributed by atoms with van der Waals surface area (Å²) in [6, 6.07) is 15.8. The van der Waals surface area contributed by atoms with Gasteiger partial charge in [-0.15, -0.1) is 0 Å². The van der Waals surface area contributed by atoms with E-state index in [1.54, 1.807) is 6.07 Å². The molecule has 0 radical (unpaired) electrons. The molecule has 31 heavy (non-hydrogen) atoms. The zero-order chi connectivity index (χ0) is 21.2. The second-order valence-corrected chi connectivity index (χ2v) is 8.57. The standard InChI is InChI=1S/C24H26ClN5O/c25-21-12-7-13-22(26-21)28-14-16-29(17-15-28)24(31)23-19-10-5-2-6-11-20(19)30(27-23)18-8-3-1-4-9-18/h1,3-4,7-9,12-13H,2,5-6,10-11,14-17H2. The number of para-hydroxylation sites is 1. The minimum atomic E-state index is 0.0477. The molecule has 0 spiro atoms. The van der Waals surface area contributed by atoms with Gasteiger partial charge in [-0.25, -0.2) is 9.67 Å². The SMILES string of the molecule is O=C(c1nn(-c2ccccc2)c2c1CCCCC2)N1CCN(c2cccc(Cl)n2)CC1. The second-order valence-electron chi connectivity index (χ2n) is 8.18. The van der Waals surface area contributed by atoms with Crippen molar-refractivity contribution in [3.05, 3.63) is 70.6 Å². The van der Waals surface area contributed by atoms with Crippen molar-refractivity contribution in [2.45, 2.75) is 32.1 Å². The predicted molar refractivity (Wildman–Crippen MR) is 122 cm³/mol. The smallest absolute Gasteiger partial charge is 0.274 e. The van der Waals surface area contributed by atoms with Crippen molar-refractivity contribution in [2.24, 2.45) is 0 Å². The van der Waals surface area contributed by atoms with E-state index in [0.717, 1.165) is 55.8 Å². The third-order valence-corrected chi connectivity index (χ3v) is 6.44. The van der Waals surface area contributed by atoms with Gasteiger partial charge in [0.2, 0.25) is 0 Å². The van der Waals surface area contributed by atoms with Gasteiger partial charge in [-0.2, -0.15) is 5.10 Å². The lowest BCUT2D eigenvalue weighted by Crippen LogP contribution is -2.49. The van der Waals surface area contributed by atoms with Crippen LogP contribution in [0.3, 0.4) is 0 Å².